The molecule has 0 radical (unpaired) electrons. The molecule has 2 N–H and O–H groups in total. The van der Waals surface area contributed by atoms with Gasteiger partial charge >= 0.3 is 0 Å². The van der Waals surface area contributed by atoms with E-state index in [1.54, 1.807) is 0 Å². The number of nitrogens with zero attached hydrogens (tertiary/aromatic N) is 1. The van der Waals surface area contributed by atoms with Crippen molar-refractivity contribution in [1.82, 2.24) is 4.90 Å². The third-order valence-electron chi connectivity index (χ3n) is 3.65. The predicted molar refractivity (Wildman–Crippen MR) is 62.3 cm³/mol. The van der Waals surface area contributed by atoms with E-state index in [1.807, 2.05) is 0 Å². The van der Waals surface area contributed by atoms with Gasteiger partial charge < -0.3 is 5.73 Å². The Balaban J connectivity index is 2.32. The van der Waals surface area contributed by atoms with Gasteiger partial charge in [0.25, 0.3) is 0 Å². The van der Waals surface area contributed by atoms with Crippen molar-refractivity contribution in [1.29, 1.82) is 0 Å². The van der Waals surface area contributed by atoms with E-state index in [1.165, 1.54) is 32.4 Å². The number of hydrogen-bond donors (Lipinski definition) is 1. The van der Waals surface area contributed by atoms with E-state index in [0.29, 0.717) is 12.0 Å². The maximum absolute atomic E-state index is 5.54. The first-order chi connectivity index (χ1) is 6.59. The predicted octanol–water partition coefficient (Wildman–Crippen LogP) is 2.01. The van der Waals surface area contributed by atoms with E-state index in [4.69, 9.17) is 5.73 Å². The molecule has 0 amide bonds. The van der Waals surface area contributed by atoms with Crippen LogP contribution in [0.4, 0.5) is 0 Å². The molecule has 82 valence electrons. The molecule has 0 unspecified atom stereocenters. The van der Waals surface area contributed by atoms with E-state index in [-0.39, 0.29) is 0 Å². The molecule has 1 heterocycles. The molecule has 1 saturated heterocycles. The Hall–Kier alpha value is -0.340. The maximum atomic E-state index is 5.54. The molecule has 0 bridgehead atoms. The van der Waals surface area contributed by atoms with Gasteiger partial charge in [0.05, 0.1) is 0 Å². The fourth-order valence-corrected chi connectivity index (χ4v) is 1.99. The fraction of sp³-hybridized carbons (Fsp3) is 0.833. The Morgan fingerprint density at radius 1 is 1.43 bits per heavy atom. The average molecular weight is 196 g/mol. The molecule has 0 aliphatic carbocycles. The molecule has 14 heavy (non-hydrogen) atoms. The third kappa shape index (κ3) is 3.10. The second-order valence-electron chi connectivity index (χ2n) is 4.89. The molecule has 0 saturated carbocycles. The first-order valence-electron chi connectivity index (χ1n) is 5.69. The van der Waals surface area contributed by atoms with Crippen molar-refractivity contribution >= 4 is 0 Å². The van der Waals surface area contributed by atoms with Gasteiger partial charge in [0.15, 0.2) is 0 Å². The summed E-state index contributed by atoms with van der Waals surface area (Å²) in [6.07, 6.45) is 3.95. The summed E-state index contributed by atoms with van der Waals surface area (Å²) in [5.41, 5.74) is 7.28. The number of likely N-dealkylation sites (tertiary alicyclic amines) is 1. The van der Waals surface area contributed by atoms with Gasteiger partial charge in [-0.25, -0.2) is 0 Å². The molecule has 1 rings (SSSR count). The highest BCUT2D eigenvalue weighted by Crippen LogP contribution is 2.33. The molecule has 1 aliphatic rings. The highest BCUT2D eigenvalue weighted by atomic mass is 15.1. The summed E-state index contributed by atoms with van der Waals surface area (Å²) < 4.78 is 0. The standard InChI is InChI=1S/C12H24N2/c1-4-12(3)5-7-14(8-6-12)10-11(2)9-13/h2,4-10,13H2,1,3H3. The van der Waals surface area contributed by atoms with Gasteiger partial charge in [0.1, 0.15) is 0 Å². The van der Waals surface area contributed by atoms with Crippen LogP contribution < -0.4 is 5.73 Å². The molecule has 0 aromatic carbocycles. The zero-order valence-corrected chi connectivity index (χ0v) is 9.68. The highest BCUT2D eigenvalue weighted by molar-refractivity contribution is 4.99. The molecular weight excluding hydrogens is 172 g/mol. The zero-order valence-electron chi connectivity index (χ0n) is 9.68. The van der Waals surface area contributed by atoms with Gasteiger partial charge in [-0.2, -0.15) is 0 Å². The Morgan fingerprint density at radius 3 is 2.43 bits per heavy atom. The molecule has 0 aromatic heterocycles. The molecule has 1 aliphatic heterocycles. The first kappa shape index (κ1) is 11.7. The van der Waals surface area contributed by atoms with Crippen LogP contribution in [0.5, 0.6) is 0 Å². The van der Waals surface area contributed by atoms with Crippen LogP contribution in [0.2, 0.25) is 0 Å². The van der Waals surface area contributed by atoms with Crippen molar-refractivity contribution in [2.24, 2.45) is 11.1 Å². The van der Waals surface area contributed by atoms with Crippen LogP contribution in [0.15, 0.2) is 12.2 Å². The van der Waals surface area contributed by atoms with Crippen LogP contribution in [0.3, 0.4) is 0 Å². The smallest absolute Gasteiger partial charge is 0.0202 e. The lowest BCUT2D eigenvalue weighted by Gasteiger charge is -2.39. The molecule has 1 fully saturated rings. The van der Waals surface area contributed by atoms with Crippen molar-refractivity contribution in [3.05, 3.63) is 12.2 Å². The van der Waals surface area contributed by atoms with Crippen molar-refractivity contribution in [3.63, 3.8) is 0 Å². The number of rotatable bonds is 4. The fourth-order valence-electron chi connectivity index (χ4n) is 1.99. The SMILES string of the molecule is C=C(CN)CN1CCC(C)(CC)CC1. The lowest BCUT2D eigenvalue weighted by Crippen LogP contribution is -2.39. The van der Waals surface area contributed by atoms with E-state index in [9.17, 15) is 0 Å². The quantitative estimate of drug-likeness (QED) is 0.697. The molecule has 2 heteroatoms. The lowest BCUT2D eigenvalue weighted by molar-refractivity contribution is 0.122. The van der Waals surface area contributed by atoms with Gasteiger partial charge in [-0.3, -0.25) is 4.90 Å². The lowest BCUT2D eigenvalue weighted by atomic mass is 9.78. The van der Waals surface area contributed by atoms with Crippen molar-refractivity contribution in [2.45, 2.75) is 33.1 Å². The zero-order chi connectivity index (χ0) is 10.6. The highest BCUT2D eigenvalue weighted by Gasteiger charge is 2.27. The second kappa shape index (κ2) is 4.94. The minimum atomic E-state index is 0.584. The van der Waals surface area contributed by atoms with Crippen LogP contribution in [-0.4, -0.2) is 31.1 Å². The van der Waals surface area contributed by atoms with Crippen LogP contribution in [0.1, 0.15) is 33.1 Å². The average Bonchev–Trinajstić information content (AvgIpc) is 2.21. The Kier molecular flexibility index (Phi) is 4.14. The summed E-state index contributed by atoms with van der Waals surface area (Å²) in [6, 6.07) is 0. The Morgan fingerprint density at radius 2 is 2.00 bits per heavy atom. The minimum Gasteiger partial charge on any atom is -0.327 e. The van der Waals surface area contributed by atoms with E-state index < -0.39 is 0 Å². The summed E-state index contributed by atoms with van der Waals surface area (Å²) in [5, 5.41) is 0. The number of piperidine rings is 1. The number of nitrogens with two attached hydrogens (primary N) is 1. The number of hydrogen-bond acceptors (Lipinski definition) is 2. The Labute approximate surface area is 88.2 Å². The van der Waals surface area contributed by atoms with Gasteiger partial charge in [-0.1, -0.05) is 26.8 Å². The van der Waals surface area contributed by atoms with Crippen LogP contribution >= 0.6 is 0 Å². The van der Waals surface area contributed by atoms with E-state index in [2.05, 4.69) is 25.3 Å². The summed E-state index contributed by atoms with van der Waals surface area (Å²) in [7, 11) is 0. The normalized spacial score (nSPS) is 22.2. The Bertz CT molecular complexity index is 190. The molecule has 0 atom stereocenters. The summed E-state index contributed by atoms with van der Waals surface area (Å²) in [4.78, 5) is 2.48. The van der Waals surface area contributed by atoms with Crippen LogP contribution in [0, 0.1) is 5.41 Å². The van der Waals surface area contributed by atoms with Crippen LogP contribution in [0.25, 0.3) is 0 Å². The maximum Gasteiger partial charge on any atom is 0.0202 e. The molecular formula is C12H24N2. The second-order valence-corrected chi connectivity index (χ2v) is 4.89. The van der Waals surface area contributed by atoms with E-state index >= 15 is 0 Å². The monoisotopic (exact) mass is 196 g/mol. The topological polar surface area (TPSA) is 29.3 Å². The van der Waals surface area contributed by atoms with Gasteiger partial charge in [0, 0.05) is 13.1 Å². The third-order valence-corrected chi connectivity index (χ3v) is 3.65. The summed E-state index contributed by atoms with van der Waals surface area (Å²) in [6.45, 7) is 12.7. The van der Waals surface area contributed by atoms with Gasteiger partial charge in [0.2, 0.25) is 0 Å². The largest absolute Gasteiger partial charge is 0.327 e. The molecule has 0 aromatic rings. The van der Waals surface area contributed by atoms with Crippen molar-refractivity contribution in [3.8, 4) is 0 Å². The minimum absolute atomic E-state index is 0.584. The first-order valence-corrected chi connectivity index (χ1v) is 5.69. The molecule has 0 spiro atoms. The van der Waals surface area contributed by atoms with E-state index in [0.717, 1.165) is 12.1 Å². The van der Waals surface area contributed by atoms with Crippen LogP contribution in [-0.2, 0) is 0 Å². The van der Waals surface area contributed by atoms with Crippen molar-refractivity contribution < 1.29 is 0 Å². The molecule has 2 nitrogen and oxygen atoms in total. The van der Waals surface area contributed by atoms with Crippen molar-refractivity contribution in [2.75, 3.05) is 26.2 Å². The van der Waals surface area contributed by atoms with Gasteiger partial charge in [-0.05, 0) is 36.9 Å². The summed E-state index contributed by atoms with van der Waals surface area (Å²) >= 11 is 0. The summed E-state index contributed by atoms with van der Waals surface area (Å²) in [5.74, 6) is 0. The van der Waals surface area contributed by atoms with Gasteiger partial charge in [-0.15, -0.1) is 0 Å².